The number of hydrogen-bond donors (Lipinski definition) is 1. The van der Waals surface area contributed by atoms with Crippen molar-refractivity contribution in [3.05, 3.63) is 17.5 Å². The molecule has 0 spiro atoms. The van der Waals surface area contributed by atoms with Crippen LogP contribution in [0.4, 0.5) is 0 Å². The molecular weight excluding hydrogens is 222 g/mol. The van der Waals surface area contributed by atoms with E-state index in [-0.39, 0.29) is 5.25 Å². The van der Waals surface area contributed by atoms with Crippen molar-refractivity contribution in [1.29, 1.82) is 0 Å². The van der Waals surface area contributed by atoms with Crippen LogP contribution in [0.3, 0.4) is 0 Å². The SMILES string of the molecule is CCn1nc(C)cc1CS(=O)C(C)CCN. The molecule has 1 rings (SSSR count). The smallest absolute Gasteiger partial charge is 0.0658 e. The fourth-order valence-electron chi connectivity index (χ4n) is 1.64. The maximum absolute atomic E-state index is 12.0. The molecule has 2 atom stereocenters. The van der Waals surface area contributed by atoms with Gasteiger partial charge in [0.1, 0.15) is 0 Å². The van der Waals surface area contributed by atoms with Crippen molar-refractivity contribution in [2.24, 2.45) is 5.73 Å². The second-order valence-electron chi connectivity index (χ2n) is 4.01. The lowest BCUT2D eigenvalue weighted by Gasteiger charge is -2.10. The van der Waals surface area contributed by atoms with Crippen molar-refractivity contribution < 1.29 is 4.21 Å². The first kappa shape index (κ1) is 13.4. The van der Waals surface area contributed by atoms with Crippen molar-refractivity contribution in [1.82, 2.24) is 9.78 Å². The number of aryl methyl sites for hydroxylation is 2. The molecule has 0 fully saturated rings. The summed E-state index contributed by atoms with van der Waals surface area (Å²) in [5, 5.41) is 4.50. The van der Waals surface area contributed by atoms with E-state index in [0.717, 1.165) is 24.4 Å². The van der Waals surface area contributed by atoms with E-state index in [0.29, 0.717) is 12.3 Å². The fourth-order valence-corrected chi connectivity index (χ4v) is 2.85. The lowest BCUT2D eigenvalue weighted by atomic mass is 10.3. The van der Waals surface area contributed by atoms with Crippen molar-refractivity contribution in [3.8, 4) is 0 Å². The Labute approximate surface area is 99.7 Å². The molecule has 0 aliphatic heterocycles. The van der Waals surface area contributed by atoms with Crippen molar-refractivity contribution in [2.45, 2.75) is 44.7 Å². The van der Waals surface area contributed by atoms with E-state index in [4.69, 9.17) is 5.73 Å². The predicted molar refractivity (Wildman–Crippen MR) is 67.6 cm³/mol. The number of rotatable bonds is 6. The van der Waals surface area contributed by atoms with Crippen LogP contribution >= 0.6 is 0 Å². The van der Waals surface area contributed by atoms with Gasteiger partial charge in [-0.25, -0.2) is 0 Å². The van der Waals surface area contributed by atoms with Crippen LogP contribution in [0, 0.1) is 6.92 Å². The van der Waals surface area contributed by atoms with Gasteiger partial charge < -0.3 is 5.73 Å². The van der Waals surface area contributed by atoms with E-state index < -0.39 is 10.8 Å². The van der Waals surface area contributed by atoms with Gasteiger partial charge in [-0.1, -0.05) is 6.92 Å². The van der Waals surface area contributed by atoms with E-state index in [9.17, 15) is 4.21 Å². The lowest BCUT2D eigenvalue weighted by molar-refractivity contribution is 0.624. The third kappa shape index (κ3) is 3.42. The molecule has 0 amide bonds. The van der Waals surface area contributed by atoms with Gasteiger partial charge in [-0.05, 0) is 32.9 Å². The zero-order valence-electron chi connectivity index (χ0n) is 10.3. The topological polar surface area (TPSA) is 60.9 Å². The molecule has 1 aromatic heterocycles. The van der Waals surface area contributed by atoms with Gasteiger partial charge in [0.2, 0.25) is 0 Å². The highest BCUT2D eigenvalue weighted by Crippen LogP contribution is 2.11. The van der Waals surface area contributed by atoms with Crippen molar-refractivity contribution in [2.75, 3.05) is 6.54 Å². The van der Waals surface area contributed by atoms with Gasteiger partial charge in [0.15, 0.2) is 0 Å². The van der Waals surface area contributed by atoms with Gasteiger partial charge in [0.25, 0.3) is 0 Å². The van der Waals surface area contributed by atoms with Gasteiger partial charge in [0.05, 0.1) is 17.1 Å². The van der Waals surface area contributed by atoms with Crippen LogP contribution in [0.5, 0.6) is 0 Å². The van der Waals surface area contributed by atoms with Crippen LogP contribution in [0.25, 0.3) is 0 Å². The Morgan fingerprint density at radius 2 is 2.31 bits per heavy atom. The number of aromatic nitrogens is 2. The Kier molecular flexibility index (Phi) is 5.15. The Hall–Kier alpha value is -0.680. The quantitative estimate of drug-likeness (QED) is 0.816. The van der Waals surface area contributed by atoms with E-state index >= 15 is 0 Å². The summed E-state index contributed by atoms with van der Waals surface area (Å²) in [5.41, 5.74) is 7.51. The highest BCUT2D eigenvalue weighted by atomic mass is 32.2. The van der Waals surface area contributed by atoms with Crippen LogP contribution in [-0.2, 0) is 23.1 Å². The van der Waals surface area contributed by atoms with E-state index in [1.165, 1.54) is 0 Å². The van der Waals surface area contributed by atoms with Gasteiger partial charge in [-0.15, -0.1) is 0 Å². The van der Waals surface area contributed by atoms with Crippen LogP contribution in [-0.4, -0.2) is 25.8 Å². The summed E-state index contributed by atoms with van der Waals surface area (Å²) in [6.45, 7) is 7.41. The molecular formula is C11H21N3OS. The molecule has 2 unspecified atom stereocenters. The first-order valence-corrected chi connectivity index (χ1v) is 7.07. The van der Waals surface area contributed by atoms with Crippen molar-refractivity contribution in [3.63, 3.8) is 0 Å². The molecule has 0 saturated carbocycles. The van der Waals surface area contributed by atoms with Gasteiger partial charge in [-0.3, -0.25) is 8.89 Å². The largest absolute Gasteiger partial charge is 0.330 e. The predicted octanol–water partition coefficient (Wildman–Crippen LogP) is 1.20. The average Bonchev–Trinajstić information content (AvgIpc) is 2.59. The number of nitrogens with zero attached hydrogens (tertiary/aromatic N) is 2. The Balaban J connectivity index is 2.68. The zero-order valence-corrected chi connectivity index (χ0v) is 11.1. The maximum atomic E-state index is 12.0. The third-order valence-electron chi connectivity index (χ3n) is 2.60. The second kappa shape index (κ2) is 6.15. The standard InChI is InChI=1S/C11H21N3OS/c1-4-14-11(7-9(2)13-14)8-16(15)10(3)5-6-12/h7,10H,4-6,8,12H2,1-3H3. The number of nitrogens with two attached hydrogens (primary N) is 1. The highest BCUT2D eigenvalue weighted by Gasteiger charge is 2.13. The molecule has 4 nitrogen and oxygen atoms in total. The summed E-state index contributed by atoms with van der Waals surface area (Å²) in [6.07, 6.45) is 0.811. The molecule has 92 valence electrons. The molecule has 0 aliphatic carbocycles. The van der Waals surface area contributed by atoms with Crippen LogP contribution in [0.1, 0.15) is 31.7 Å². The summed E-state index contributed by atoms with van der Waals surface area (Å²) in [6, 6.07) is 2.01. The monoisotopic (exact) mass is 243 g/mol. The summed E-state index contributed by atoms with van der Waals surface area (Å²) >= 11 is 0. The minimum atomic E-state index is -0.855. The molecule has 0 saturated heterocycles. The van der Waals surface area contributed by atoms with Crippen LogP contribution < -0.4 is 5.73 Å². The zero-order chi connectivity index (χ0) is 12.1. The molecule has 0 radical (unpaired) electrons. The Bertz CT molecular complexity index is 362. The average molecular weight is 243 g/mol. The van der Waals surface area contributed by atoms with E-state index in [1.54, 1.807) is 0 Å². The summed E-state index contributed by atoms with van der Waals surface area (Å²) in [5.74, 6) is 0.579. The normalized spacial score (nSPS) is 15.0. The minimum Gasteiger partial charge on any atom is -0.330 e. The third-order valence-corrected chi connectivity index (χ3v) is 4.31. The maximum Gasteiger partial charge on any atom is 0.0658 e. The Morgan fingerprint density at radius 3 is 2.88 bits per heavy atom. The summed E-state index contributed by atoms with van der Waals surface area (Å²) in [4.78, 5) is 0. The van der Waals surface area contributed by atoms with Gasteiger partial charge in [0, 0.05) is 22.6 Å². The van der Waals surface area contributed by atoms with Crippen LogP contribution in [0.15, 0.2) is 6.07 Å². The van der Waals surface area contributed by atoms with E-state index in [2.05, 4.69) is 5.10 Å². The first-order valence-electron chi connectivity index (χ1n) is 5.69. The second-order valence-corrected chi connectivity index (χ2v) is 5.86. The molecule has 0 aromatic carbocycles. The number of hydrogen-bond acceptors (Lipinski definition) is 3. The molecule has 5 heteroatoms. The fraction of sp³-hybridized carbons (Fsp3) is 0.727. The van der Waals surface area contributed by atoms with Crippen molar-refractivity contribution >= 4 is 10.8 Å². The molecule has 0 bridgehead atoms. The molecule has 0 aliphatic rings. The van der Waals surface area contributed by atoms with Crippen LogP contribution in [0.2, 0.25) is 0 Å². The molecule has 1 aromatic rings. The molecule has 16 heavy (non-hydrogen) atoms. The highest BCUT2D eigenvalue weighted by molar-refractivity contribution is 7.84. The first-order chi connectivity index (χ1) is 7.58. The lowest BCUT2D eigenvalue weighted by Crippen LogP contribution is -2.18. The summed E-state index contributed by atoms with van der Waals surface area (Å²) < 4.78 is 13.9. The van der Waals surface area contributed by atoms with Gasteiger partial charge >= 0.3 is 0 Å². The summed E-state index contributed by atoms with van der Waals surface area (Å²) in [7, 11) is -0.855. The Morgan fingerprint density at radius 1 is 1.62 bits per heavy atom. The minimum absolute atomic E-state index is 0.158. The van der Waals surface area contributed by atoms with Gasteiger partial charge in [-0.2, -0.15) is 5.10 Å². The molecule has 2 N–H and O–H groups in total. The molecule has 1 heterocycles. The van der Waals surface area contributed by atoms with E-state index in [1.807, 2.05) is 31.5 Å².